The minimum Gasteiger partial charge on any atom is -0.424 e. The van der Waals surface area contributed by atoms with Crippen molar-refractivity contribution in [3.05, 3.63) is 0 Å². The molecule has 0 rings (SSSR count). The Hall–Kier alpha value is -1.92. The number of rotatable bonds is 0. The van der Waals surface area contributed by atoms with Crippen molar-refractivity contribution in [3.63, 3.8) is 0 Å². The molecule has 0 aromatic heterocycles. The zero-order valence-electron chi connectivity index (χ0n) is 13.9. The third kappa shape index (κ3) is 203. The van der Waals surface area contributed by atoms with Gasteiger partial charge in [0.2, 0.25) is 0 Å². The van der Waals surface area contributed by atoms with E-state index in [2.05, 4.69) is 29.3 Å². The summed E-state index contributed by atoms with van der Waals surface area (Å²) in [5.41, 5.74) is 0. The molecule has 0 aliphatic rings. The van der Waals surface area contributed by atoms with Gasteiger partial charge in [-0.2, -0.15) is 0 Å². The molecule has 6 N–H and O–H groups in total. The van der Waals surface area contributed by atoms with Crippen molar-refractivity contribution in [2.75, 3.05) is 0 Å². The summed E-state index contributed by atoms with van der Waals surface area (Å²) in [6.07, 6.45) is -11.6. The third-order valence-electron chi connectivity index (χ3n) is 0.447. The van der Waals surface area contributed by atoms with Gasteiger partial charge in [0, 0.05) is 0 Å². The Balaban J connectivity index is -0.0000000356. The minimum atomic E-state index is -1.94. The van der Waals surface area contributed by atoms with Crippen LogP contribution in [-0.4, -0.2) is 68.5 Å². The van der Waals surface area contributed by atoms with Gasteiger partial charge in [-0.25, -0.2) is 0 Å². The van der Waals surface area contributed by atoms with Crippen LogP contribution in [0.5, 0.6) is 0 Å². The molecule has 0 aliphatic heterocycles. The Morgan fingerprint density at radius 3 is 0.406 bits per heavy atom. The second kappa shape index (κ2) is 47.0. The third-order valence-corrected chi connectivity index (χ3v) is 0.447. The van der Waals surface area contributed by atoms with Crippen molar-refractivity contribution in [1.82, 2.24) is 0 Å². The summed E-state index contributed by atoms with van der Waals surface area (Å²) in [5, 5.41) is 94.6. The van der Waals surface area contributed by atoms with E-state index in [1.54, 1.807) is 0 Å². The van der Waals surface area contributed by atoms with Crippen molar-refractivity contribution in [1.29, 1.82) is 0 Å². The predicted molar refractivity (Wildman–Crippen MR) is 54.7 cm³/mol. The van der Waals surface area contributed by atoms with E-state index in [1.807, 2.05) is 0 Å². The van der Waals surface area contributed by atoms with Crippen LogP contribution in [0.4, 0.5) is 28.8 Å². The van der Waals surface area contributed by atoms with Gasteiger partial charge in [0.25, 0.3) is 36.9 Å². The number of hydrogen-bond acceptors (Lipinski definition) is 24. The normalized spacial score (nSPS) is 6.19. The maximum Gasteiger partial charge on any atom is 3.00 e. The molecule has 2 radical (unpaired) electrons. The number of carbonyl (C=O) groups excluding carboxylic acids is 6. The van der Waals surface area contributed by atoms with Gasteiger partial charge in [0.05, 0.1) is 0 Å². The number of carboxylic acid groups (broad SMARTS) is 6. The van der Waals surface area contributed by atoms with Gasteiger partial charge in [-0.1, -0.05) is 0 Å². The SMILES string of the molecule is O=C([O-])OO.O=C([O-])OO.O=C([O-])OO.O=C([O-])OO.O=C([O-])OO.O=C([O-])OO.[Ce+3].[Gd+3]. The quantitative estimate of drug-likeness (QED) is 0.0759. The summed E-state index contributed by atoms with van der Waals surface area (Å²) >= 11 is 0. The molecule has 0 heterocycles. The Labute approximate surface area is 236 Å². The van der Waals surface area contributed by atoms with Crippen LogP contribution in [0.25, 0.3) is 0 Å². The fourth-order valence-electron chi connectivity index (χ4n) is 0. The van der Waals surface area contributed by atoms with Crippen molar-refractivity contribution in [3.8, 4) is 0 Å². The van der Waals surface area contributed by atoms with Crippen molar-refractivity contribution < 1.29 is 202 Å². The molecular formula is C6H6CeGdO24. The predicted octanol–water partition coefficient (Wildman–Crippen LogP) is -7.08. The summed E-state index contributed by atoms with van der Waals surface area (Å²) in [7, 11) is 0. The van der Waals surface area contributed by atoms with Gasteiger partial charge in [-0.3, -0.25) is 31.5 Å². The fraction of sp³-hybridized carbons (Fsp3) is 0. The molecule has 186 valence electrons. The molecule has 0 saturated heterocycles. The second-order valence-corrected chi connectivity index (χ2v) is 2.05. The first-order valence-corrected chi connectivity index (χ1v) is 4.77. The molecule has 0 fully saturated rings. The first-order chi connectivity index (χ1) is 13.6. The van der Waals surface area contributed by atoms with Crippen LogP contribution in [-0.2, 0) is 29.3 Å². The smallest absolute Gasteiger partial charge is 0.424 e. The molecule has 0 saturated carbocycles. The summed E-state index contributed by atoms with van der Waals surface area (Å²) in [4.78, 5) is 68.0. The molecule has 0 atom stereocenters. The minimum absolute atomic E-state index is 0. The summed E-state index contributed by atoms with van der Waals surface area (Å²) in [6, 6.07) is 0. The van der Waals surface area contributed by atoms with E-state index < -0.39 is 36.9 Å². The van der Waals surface area contributed by atoms with Gasteiger partial charge < -0.3 is 88.7 Å². The Morgan fingerprint density at radius 1 is 0.375 bits per heavy atom. The van der Waals surface area contributed by atoms with E-state index in [1.165, 1.54) is 0 Å². The molecule has 0 unspecified atom stereocenters. The van der Waals surface area contributed by atoms with Crippen molar-refractivity contribution >= 4 is 36.9 Å². The van der Waals surface area contributed by atoms with Crippen LogP contribution in [0.2, 0.25) is 0 Å². The number of carbonyl (C=O) groups is 6. The topological polar surface area (TPSA) is 418 Å². The summed E-state index contributed by atoms with van der Waals surface area (Å²) in [6.45, 7) is 0. The van der Waals surface area contributed by atoms with Crippen LogP contribution < -0.4 is 30.6 Å². The monoisotopic (exact) mass is 760 g/mol. The molecule has 24 nitrogen and oxygen atoms in total. The molecule has 0 aromatic rings. The van der Waals surface area contributed by atoms with E-state index in [4.69, 9.17) is 90.9 Å². The van der Waals surface area contributed by atoms with E-state index in [0.717, 1.165) is 0 Å². The van der Waals surface area contributed by atoms with Gasteiger partial charge in [0.1, 0.15) is 0 Å². The van der Waals surface area contributed by atoms with Gasteiger partial charge in [-0.15, -0.1) is 0 Å². The average Bonchev–Trinajstić information content (AvgIpc) is 2.69. The van der Waals surface area contributed by atoms with Crippen LogP contribution >= 0.6 is 0 Å². The Morgan fingerprint density at radius 2 is 0.406 bits per heavy atom. The van der Waals surface area contributed by atoms with Gasteiger partial charge in [0.15, 0.2) is 0 Å². The van der Waals surface area contributed by atoms with E-state index in [-0.39, 0.29) is 81.7 Å². The van der Waals surface area contributed by atoms with E-state index in [0.29, 0.717) is 0 Å². The Bertz CT molecular complexity index is 355. The van der Waals surface area contributed by atoms with Crippen LogP contribution in [0, 0.1) is 81.7 Å². The van der Waals surface area contributed by atoms with Crippen molar-refractivity contribution in [2.24, 2.45) is 0 Å². The van der Waals surface area contributed by atoms with Gasteiger partial charge >= 0.3 is 81.7 Å². The zero-order valence-corrected chi connectivity index (χ0v) is 19.3. The molecule has 32 heavy (non-hydrogen) atoms. The molecule has 26 heteroatoms. The summed E-state index contributed by atoms with van der Waals surface area (Å²) < 4.78 is 0. The first kappa shape index (κ1) is 52.2. The van der Waals surface area contributed by atoms with E-state index >= 15 is 0 Å². The largest absolute Gasteiger partial charge is 3.00 e. The molecule has 0 spiro atoms. The zero-order chi connectivity index (χ0) is 25.7. The van der Waals surface area contributed by atoms with Gasteiger partial charge in [-0.05, 0) is 0 Å². The first-order valence-electron chi connectivity index (χ1n) is 4.77. The van der Waals surface area contributed by atoms with Crippen LogP contribution in [0.1, 0.15) is 0 Å². The van der Waals surface area contributed by atoms with Crippen molar-refractivity contribution in [2.45, 2.75) is 0 Å². The summed E-state index contributed by atoms with van der Waals surface area (Å²) in [5.74, 6) is 0. The maximum absolute atomic E-state index is 8.78. The maximum atomic E-state index is 8.78. The molecule has 0 aromatic carbocycles. The standard InChI is InChI=1S/6CH2O4.Ce.Gd/c6*2-1(3)5-4;;/h6*4H,(H,2,3);;/q;;;;;;2*+3/p-6. The number of hydrogen-bond donors (Lipinski definition) is 6. The average molecular weight is 759 g/mol. The van der Waals surface area contributed by atoms with Crippen LogP contribution in [0.15, 0.2) is 0 Å². The molecular weight excluding hydrogens is 753 g/mol. The fourth-order valence-corrected chi connectivity index (χ4v) is 0. The van der Waals surface area contributed by atoms with E-state index in [9.17, 15) is 0 Å². The molecule has 0 amide bonds. The molecule has 0 bridgehead atoms. The second-order valence-electron chi connectivity index (χ2n) is 2.05. The Kier molecular flexibility index (Phi) is 76.7. The van der Waals surface area contributed by atoms with Crippen LogP contribution in [0.3, 0.4) is 0 Å². The molecule has 0 aliphatic carbocycles.